The monoisotopic (exact) mass is 214 g/mol. The molecule has 1 saturated heterocycles. The number of ether oxygens (including phenoxy) is 2. The van der Waals surface area contributed by atoms with Crippen molar-refractivity contribution in [2.75, 3.05) is 0 Å². The van der Waals surface area contributed by atoms with Crippen LogP contribution in [-0.2, 0) is 9.47 Å². The molecule has 0 amide bonds. The van der Waals surface area contributed by atoms with Crippen LogP contribution < -0.4 is 0 Å². The number of hydrogen-bond acceptors (Lipinski definition) is 2. The van der Waals surface area contributed by atoms with Gasteiger partial charge in [-0.2, -0.15) is 0 Å². The molecule has 1 unspecified atom stereocenters. The van der Waals surface area contributed by atoms with Gasteiger partial charge in [0.1, 0.15) is 0 Å². The molecule has 2 nitrogen and oxygen atoms in total. The molecule has 82 valence electrons. The minimum Gasteiger partial charge on any atom is -0.345 e. The minimum absolute atomic E-state index is 0.332. The van der Waals surface area contributed by atoms with Gasteiger partial charge in [-0.05, 0) is 25.8 Å². The van der Waals surface area contributed by atoms with Gasteiger partial charge in [-0.3, -0.25) is 0 Å². The van der Waals surface area contributed by atoms with E-state index in [1.54, 1.807) is 0 Å². The molecule has 2 rings (SSSR count). The first-order valence-corrected chi connectivity index (χ1v) is 8.83. The Kier molecular flexibility index (Phi) is 2.75. The van der Waals surface area contributed by atoms with E-state index in [9.17, 15) is 0 Å². The lowest BCUT2D eigenvalue weighted by Crippen LogP contribution is -2.37. The van der Waals surface area contributed by atoms with Gasteiger partial charge in [0.05, 0.1) is 12.2 Å². The van der Waals surface area contributed by atoms with E-state index in [0.717, 1.165) is 5.54 Å². The highest BCUT2D eigenvalue weighted by Gasteiger charge is 2.47. The molecule has 0 N–H and O–H groups in total. The lowest BCUT2D eigenvalue weighted by molar-refractivity contribution is -0.145. The fourth-order valence-electron chi connectivity index (χ4n) is 2.88. The zero-order chi connectivity index (χ0) is 10.3. The zero-order valence-electron chi connectivity index (χ0n) is 9.75. The third-order valence-corrected chi connectivity index (χ3v) is 5.95. The number of rotatable bonds is 1. The highest BCUT2D eigenvalue weighted by molar-refractivity contribution is 6.57. The maximum Gasteiger partial charge on any atom is 0.163 e. The first kappa shape index (κ1) is 10.6. The summed E-state index contributed by atoms with van der Waals surface area (Å²) < 4.78 is 12.0. The van der Waals surface area contributed by atoms with Gasteiger partial charge in [-0.25, -0.2) is 0 Å². The van der Waals surface area contributed by atoms with Gasteiger partial charge in [0, 0.05) is 8.80 Å². The largest absolute Gasteiger partial charge is 0.345 e. The lowest BCUT2D eigenvalue weighted by atomic mass is 9.94. The summed E-state index contributed by atoms with van der Waals surface area (Å²) in [4.78, 5) is 0. The van der Waals surface area contributed by atoms with Crippen molar-refractivity contribution in [1.29, 1.82) is 0 Å². The van der Waals surface area contributed by atoms with Gasteiger partial charge in [-0.15, -0.1) is 0 Å². The molecule has 0 aromatic heterocycles. The Morgan fingerprint density at radius 2 is 1.86 bits per heavy atom. The van der Waals surface area contributed by atoms with Crippen LogP contribution in [0, 0.1) is 0 Å². The molecule has 2 aliphatic rings. The van der Waals surface area contributed by atoms with Crippen LogP contribution in [0.5, 0.6) is 0 Å². The summed E-state index contributed by atoms with van der Waals surface area (Å²) >= 11 is 0. The molecule has 0 bridgehead atoms. The number of hydrogen-bond donors (Lipinski definition) is 0. The normalized spacial score (nSPS) is 41.4. The predicted molar refractivity (Wildman–Crippen MR) is 60.3 cm³/mol. The second-order valence-electron chi connectivity index (χ2n) is 5.48. The average molecular weight is 214 g/mol. The summed E-state index contributed by atoms with van der Waals surface area (Å²) in [6, 6.07) is 0. The van der Waals surface area contributed by atoms with Gasteiger partial charge in [-0.1, -0.05) is 25.9 Å². The standard InChI is InChI=1S/C11H22O2Si/c1-11(2)12-8-6-5-7-9(14(3)4)10(8)13-11/h8-10,14H,5-7H2,1-4H3/t8-,9?,10-/m0/s1. The molecule has 3 atom stereocenters. The van der Waals surface area contributed by atoms with Crippen LogP contribution in [0.25, 0.3) is 0 Å². The van der Waals surface area contributed by atoms with Crippen LogP contribution in [0.2, 0.25) is 18.6 Å². The zero-order valence-corrected chi connectivity index (χ0v) is 10.9. The third-order valence-electron chi connectivity index (χ3n) is 3.53. The van der Waals surface area contributed by atoms with Crippen LogP contribution in [-0.4, -0.2) is 26.8 Å². The molecule has 0 aromatic carbocycles. The highest BCUT2D eigenvalue weighted by atomic mass is 28.3. The Morgan fingerprint density at radius 3 is 2.50 bits per heavy atom. The lowest BCUT2D eigenvalue weighted by Gasteiger charge is -2.33. The van der Waals surface area contributed by atoms with Crippen molar-refractivity contribution in [2.45, 2.75) is 69.7 Å². The van der Waals surface area contributed by atoms with Crippen molar-refractivity contribution in [1.82, 2.24) is 0 Å². The summed E-state index contributed by atoms with van der Waals surface area (Å²) in [7, 11) is -0.589. The van der Waals surface area contributed by atoms with Crippen LogP contribution in [0.1, 0.15) is 33.1 Å². The maximum atomic E-state index is 6.04. The Morgan fingerprint density at radius 1 is 1.14 bits per heavy atom. The molecule has 2 fully saturated rings. The topological polar surface area (TPSA) is 18.5 Å². The summed E-state index contributed by atoms with van der Waals surface area (Å²) in [5.74, 6) is -0.332. The second kappa shape index (κ2) is 3.61. The van der Waals surface area contributed by atoms with Crippen LogP contribution in [0.4, 0.5) is 0 Å². The molecule has 14 heavy (non-hydrogen) atoms. The maximum absolute atomic E-state index is 6.04. The first-order chi connectivity index (χ1) is 6.49. The number of fused-ring (bicyclic) bond motifs is 1. The van der Waals surface area contributed by atoms with Crippen LogP contribution >= 0.6 is 0 Å². The summed E-state index contributed by atoms with van der Waals surface area (Å²) in [5.41, 5.74) is 0.829. The molecule has 1 aliphatic heterocycles. The second-order valence-corrected chi connectivity index (χ2v) is 8.82. The van der Waals surface area contributed by atoms with Crippen LogP contribution in [0.15, 0.2) is 0 Å². The molecule has 1 heterocycles. The molecule has 0 aromatic rings. The van der Waals surface area contributed by atoms with Crippen LogP contribution in [0.3, 0.4) is 0 Å². The van der Waals surface area contributed by atoms with Crippen molar-refractivity contribution in [3.8, 4) is 0 Å². The average Bonchev–Trinajstić information content (AvgIpc) is 2.36. The van der Waals surface area contributed by atoms with Gasteiger partial charge in [0.25, 0.3) is 0 Å². The smallest absolute Gasteiger partial charge is 0.163 e. The minimum atomic E-state index is -0.589. The fraction of sp³-hybridized carbons (Fsp3) is 1.00. The Bertz CT molecular complexity index is 215. The van der Waals surface area contributed by atoms with E-state index in [0.29, 0.717) is 12.2 Å². The van der Waals surface area contributed by atoms with E-state index in [1.807, 2.05) is 13.8 Å². The quantitative estimate of drug-likeness (QED) is 0.625. The van der Waals surface area contributed by atoms with Gasteiger partial charge in [0.2, 0.25) is 0 Å². The van der Waals surface area contributed by atoms with Gasteiger partial charge < -0.3 is 9.47 Å². The predicted octanol–water partition coefficient (Wildman–Crippen LogP) is 2.55. The van der Waals surface area contributed by atoms with E-state index < -0.39 is 8.80 Å². The van der Waals surface area contributed by atoms with E-state index in [2.05, 4.69) is 13.1 Å². The molecule has 1 saturated carbocycles. The molecule has 0 radical (unpaired) electrons. The molecule has 0 spiro atoms. The molecule has 1 aliphatic carbocycles. The van der Waals surface area contributed by atoms with Gasteiger partial charge in [0.15, 0.2) is 5.79 Å². The van der Waals surface area contributed by atoms with E-state index in [-0.39, 0.29) is 5.79 Å². The SMILES string of the molecule is C[SiH](C)C1CCC[C@@H]2OC(C)(C)O[C@H]12. The molecule has 3 heteroatoms. The van der Waals surface area contributed by atoms with Gasteiger partial charge >= 0.3 is 0 Å². The first-order valence-electron chi connectivity index (χ1n) is 5.85. The Labute approximate surface area is 88.6 Å². The highest BCUT2D eigenvalue weighted by Crippen LogP contribution is 2.43. The molecular weight excluding hydrogens is 192 g/mol. The Balaban J connectivity index is 2.10. The van der Waals surface area contributed by atoms with E-state index in [1.165, 1.54) is 19.3 Å². The van der Waals surface area contributed by atoms with Crippen molar-refractivity contribution in [2.24, 2.45) is 0 Å². The van der Waals surface area contributed by atoms with Crippen molar-refractivity contribution in [3.05, 3.63) is 0 Å². The van der Waals surface area contributed by atoms with Crippen molar-refractivity contribution >= 4 is 8.80 Å². The summed E-state index contributed by atoms with van der Waals surface area (Å²) in [5, 5.41) is 0. The third kappa shape index (κ3) is 1.90. The molecular formula is C11H22O2Si. The van der Waals surface area contributed by atoms with E-state index >= 15 is 0 Å². The summed E-state index contributed by atoms with van der Waals surface area (Å²) in [6.45, 7) is 8.96. The van der Waals surface area contributed by atoms with E-state index in [4.69, 9.17) is 9.47 Å². The Hall–Kier alpha value is 0.137. The summed E-state index contributed by atoms with van der Waals surface area (Å²) in [6.07, 6.45) is 4.69. The van der Waals surface area contributed by atoms with Crippen molar-refractivity contribution < 1.29 is 9.47 Å². The van der Waals surface area contributed by atoms with Crippen molar-refractivity contribution in [3.63, 3.8) is 0 Å². The fourth-order valence-corrected chi connectivity index (χ4v) is 4.87.